The summed E-state index contributed by atoms with van der Waals surface area (Å²) < 4.78 is 4.47. The van der Waals surface area contributed by atoms with E-state index in [1.807, 2.05) is 0 Å². The molecule has 0 saturated heterocycles. The zero-order valence-corrected chi connectivity index (χ0v) is 14.6. The smallest absolute Gasteiger partial charge is 0.450 e. The van der Waals surface area contributed by atoms with Crippen molar-refractivity contribution in [1.29, 1.82) is 0 Å². The van der Waals surface area contributed by atoms with Gasteiger partial charge < -0.3 is 9.84 Å². The van der Waals surface area contributed by atoms with Crippen LogP contribution in [0.3, 0.4) is 0 Å². The van der Waals surface area contributed by atoms with Gasteiger partial charge in [-0.05, 0) is 6.42 Å². The number of ether oxygens (including phenoxy) is 1. The van der Waals surface area contributed by atoms with Gasteiger partial charge in [0.1, 0.15) is 0 Å². The fraction of sp³-hybridized carbons (Fsp3) is 0.941. The molecule has 0 aliphatic rings. The van der Waals surface area contributed by atoms with E-state index in [0.29, 0.717) is 6.61 Å². The molecule has 0 aromatic carbocycles. The molecule has 0 spiro atoms. The fourth-order valence-corrected chi connectivity index (χ4v) is 2.46. The van der Waals surface area contributed by atoms with Gasteiger partial charge in [-0.3, -0.25) is 0 Å². The van der Waals surface area contributed by atoms with Gasteiger partial charge in [-0.15, -0.1) is 12.4 Å². The Kier molecular flexibility index (Phi) is 21.3. The van der Waals surface area contributed by atoms with Crippen molar-refractivity contribution >= 4 is 18.6 Å². The van der Waals surface area contributed by atoms with Gasteiger partial charge in [0.15, 0.2) is 0 Å². The van der Waals surface area contributed by atoms with Crippen molar-refractivity contribution in [2.45, 2.75) is 96.8 Å². The summed E-state index contributed by atoms with van der Waals surface area (Å²) in [6.45, 7) is 2.62. The third kappa shape index (κ3) is 22.0. The summed E-state index contributed by atoms with van der Waals surface area (Å²) in [5, 5.41) is 8.30. The molecule has 0 atom stereocenters. The first kappa shape index (κ1) is 22.8. The van der Waals surface area contributed by atoms with Crippen molar-refractivity contribution in [1.82, 2.24) is 0 Å². The summed E-state index contributed by atoms with van der Waals surface area (Å²) in [5.41, 5.74) is 0. The Bertz CT molecular complexity index is 210. The number of rotatable bonds is 15. The average Bonchev–Trinajstić information content (AvgIpc) is 2.43. The zero-order valence-electron chi connectivity index (χ0n) is 13.8. The number of hydrogen-bond acceptors (Lipinski definition) is 2. The van der Waals surface area contributed by atoms with Crippen molar-refractivity contribution < 1.29 is 14.6 Å². The summed E-state index contributed by atoms with van der Waals surface area (Å²) in [6, 6.07) is 0. The second-order valence-corrected chi connectivity index (χ2v) is 5.71. The van der Waals surface area contributed by atoms with E-state index in [4.69, 9.17) is 5.11 Å². The first-order chi connectivity index (χ1) is 9.77. The monoisotopic (exact) mass is 322 g/mol. The molecule has 3 nitrogen and oxygen atoms in total. The van der Waals surface area contributed by atoms with E-state index in [9.17, 15) is 4.79 Å². The fourth-order valence-electron chi connectivity index (χ4n) is 2.46. The molecule has 0 aliphatic carbocycles. The molecular weight excluding hydrogens is 288 g/mol. The Hall–Kier alpha value is -0.440. The Morgan fingerprint density at radius 2 is 1.05 bits per heavy atom. The van der Waals surface area contributed by atoms with Crippen LogP contribution >= 0.6 is 12.4 Å². The van der Waals surface area contributed by atoms with Crippen molar-refractivity contribution in [3.05, 3.63) is 0 Å². The van der Waals surface area contributed by atoms with E-state index in [0.717, 1.165) is 12.8 Å². The van der Waals surface area contributed by atoms with Gasteiger partial charge in [0.25, 0.3) is 0 Å². The number of carbonyl (C=O) groups is 1. The minimum Gasteiger partial charge on any atom is -0.450 e. The van der Waals surface area contributed by atoms with Gasteiger partial charge in [0, 0.05) is 0 Å². The Balaban J connectivity index is 0. The standard InChI is InChI=1S/C17H34O3.ClH/c1-2-3-4-5-6-7-8-9-10-11-12-13-14-15-16-20-17(18)19;/h2-16H2,1H3,(H,18,19);1H. The van der Waals surface area contributed by atoms with Gasteiger partial charge in [-0.2, -0.15) is 0 Å². The van der Waals surface area contributed by atoms with Gasteiger partial charge >= 0.3 is 6.16 Å². The summed E-state index contributed by atoms with van der Waals surface area (Å²) in [5.74, 6) is 0. The maximum Gasteiger partial charge on any atom is 0.505 e. The Labute approximate surface area is 137 Å². The topological polar surface area (TPSA) is 46.5 Å². The van der Waals surface area contributed by atoms with Crippen LogP contribution in [0.4, 0.5) is 4.79 Å². The van der Waals surface area contributed by atoms with E-state index in [-0.39, 0.29) is 12.4 Å². The highest BCUT2D eigenvalue weighted by molar-refractivity contribution is 5.85. The summed E-state index contributed by atoms with van der Waals surface area (Å²) >= 11 is 0. The highest BCUT2D eigenvalue weighted by Crippen LogP contribution is 2.12. The van der Waals surface area contributed by atoms with Crippen LogP contribution in [0.15, 0.2) is 0 Å². The van der Waals surface area contributed by atoms with Crippen LogP contribution in [0, 0.1) is 0 Å². The molecule has 4 heteroatoms. The van der Waals surface area contributed by atoms with Crippen molar-refractivity contribution in [3.8, 4) is 0 Å². The lowest BCUT2D eigenvalue weighted by Crippen LogP contribution is -2.01. The lowest BCUT2D eigenvalue weighted by Gasteiger charge is -2.03. The molecule has 0 heterocycles. The molecule has 0 bridgehead atoms. The molecule has 0 saturated carbocycles. The summed E-state index contributed by atoms with van der Waals surface area (Å²) in [7, 11) is 0. The third-order valence-electron chi connectivity index (χ3n) is 3.72. The normalized spacial score (nSPS) is 10.1. The highest BCUT2D eigenvalue weighted by Gasteiger charge is 1.96. The molecule has 0 rings (SSSR count). The minimum atomic E-state index is -1.15. The minimum absolute atomic E-state index is 0. The van der Waals surface area contributed by atoms with E-state index in [1.54, 1.807) is 0 Å². The molecular formula is C17H35ClO3. The Morgan fingerprint density at radius 1 is 0.714 bits per heavy atom. The lowest BCUT2D eigenvalue weighted by atomic mass is 10.0. The quantitative estimate of drug-likeness (QED) is 0.273. The predicted molar refractivity (Wildman–Crippen MR) is 91.5 cm³/mol. The van der Waals surface area contributed by atoms with Crippen LogP contribution in [0.5, 0.6) is 0 Å². The number of halogens is 1. The molecule has 0 radical (unpaired) electrons. The van der Waals surface area contributed by atoms with Gasteiger partial charge in [0.05, 0.1) is 6.61 Å². The number of carboxylic acid groups (broad SMARTS) is 1. The summed E-state index contributed by atoms with van der Waals surface area (Å²) in [6.07, 6.45) is 17.2. The molecule has 0 unspecified atom stereocenters. The maximum absolute atomic E-state index is 10.1. The van der Waals surface area contributed by atoms with Crippen molar-refractivity contribution in [2.24, 2.45) is 0 Å². The Morgan fingerprint density at radius 3 is 1.38 bits per heavy atom. The van der Waals surface area contributed by atoms with Crippen LogP contribution < -0.4 is 0 Å². The van der Waals surface area contributed by atoms with Crippen molar-refractivity contribution in [3.63, 3.8) is 0 Å². The van der Waals surface area contributed by atoms with Crippen LogP contribution in [-0.2, 0) is 4.74 Å². The van der Waals surface area contributed by atoms with Gasteiger partial charge in [-0.25, -0.2) is 4.79 Å². The first-order valence-electron chi connectivity index (χ1n) is 8.63. The number of hydrogen-bond donors (Lipinski definition) is 1. The molecule has 0 aromatic heterocycles. The van der Waals surface area contributed by atoms with E-state index in [1.165, 1.54) is 77.0 Å². The zero-order chi connectivity index (χ0) is 14.9. The van der Waals surface area contributed by atoms with Crippen LogP contribution in [-0.4, -0.2) is 17.9 Å². The van der Waals surface area contributed by atoms with Gasteiger partial charge in [0.2, 0.25) is 0 Å². The number of unbranched alkanes of at least 4 members (excludes halogenated alkanes) is 13. The molecule has 21 heavy (non-hydrogen) atoms. The second-order valence-electron chi connectivity index (χ2n) is 5.71. The molecule has 0 amide bonds. The third-order valence-corrected chi connectivity index (χ3v) is 3.72. The maximum atomic E-state index is 10.1. The van der Waals surface area contributed by atoms with Crippen LogP contribution in [0.2, 0.25) is 0 Å². The van der Waals surface area contributed by atoms with E-state index in [2.05, 4.69) is 11.7 Å². The van der Waals surface area contributed by atoms with Crippen LogP contribution in [0.25, 0.3) is 0 Å². The molecule has 1 N–H and O–H groups in total. The largest absolute Gasteiger partial charge is 0.505 e. The molecule has 0 aliphatic heterocycles. The first-order valence-corrected chi connectivity index (χ1v) is 8.63. The average molecular weight is 323 g/mol. The highest BCUT2D eigenvalue weighted by atomic mass is 35.5. The SMILES string of the molecule is CCCCCCCCCCCCCCCCOC(=O)O.Cl. The summed E-state index contributed by atoms with van der Waals surface area (Å²) in [4.78, 5) is 10.1. The molecule has 0 fully saturated rings. The van der Waals surface area contributed by atoms with Crippen LogP contribution in [0.1, 0.15) is 96.8 Å². The second kappa shape index (κ2) is 19.6. The van der Waals surface area contributed by atoms with E-state index < -0.39 is 6.16 Å². The molecule has 128 valence electrons. The van der Waals surface area contributed by atoms with Crippen molar-refractivity contribution in [2.75, 3.05) is 6.61 Å². The predicted octanol–water partition coefficient (Wildman–Crippen LogP) is 6.58. The lowest BCUT2D eigenvalue weighted by molar-refractivity contribution is 0.0899. The van der Waals surface area contributed by atoms with E-state index >= 15 is 0 Å². The molecule has 0 aromatic rings. The van der Waals surface area contributed by atoms with Gasteiger partial charge in [-0.1, -0.05) is 90.4 Å².